The van der Waals surface area contributed by atoms with Crippen molar-refractivity contribution in [2.45, 2.75) is 25.3 Å². The summed E-state index contributed by atoms with van der Waals surface area (Å²) < 4.78 is 0. The number of rotatable bonds is 6. The molecule has 0 spiro atoms. The normalized spacial score (nSPS) is 13.8. The van der Waals surface area contributed by atoms with Crippen LogP contribution >= 0.6 is 11.6 Å². The van der Waals surface area contributed by atoms with Gasteiger partial charge in [0.1, 0.15) is 0 Å². The van der Waals surface area contributed by atoms with Crippen molar-refractivity contribution in [1.29, 1.82) is 0 Å². The van der Waals surface area contributed by atoms with Gasteiger partial charge in [-0.25, -0.2) is 0 Å². The summed E-state index contributed by atoms with van der Waals surface area (Å²) in [6.45, 7) is 2.12. The quantitative estimate of drug-likeness (QED) is 0.838. The Hall–Kier alpha value is -1.51. The fraction of sp³-hybridized carbons (Fsp3) is 0.294. The Morgan fingerprint density at radius 3 is 2.30 bits per heavy atom. The Labute approximate surface area is 125 Å². The van der Waals surface area contributed by atoms with Gasteiger partial charge in [-0.05, 0) is 49.6 Å². The predicted octanol–water partition coefficient (Wildman–Crippen LogP) is 4.14. The van der Waals surface area contributed by atoms with Crippen LogP contribution in [0.25, 0.3) is 0 Å². The molecule has 20 heavy (non-hydrogen) atoms. The average Bonchev–Trinajstić information content (AvgIpc) is 2.49. The molecule has 2 N–H and O–H groups in total. The molecule has 0 aromatic heterocycles. The van der Waals surface area contributed by atoms with Crippen LogP contribution in [0.15, 0.2) is 54.6 Å². The Morgan fingerprint density at radius 2 is 1.70 bits per heavy atom. The van der Waals surface area contributed by atoms with Crippen molar-refractivity contribution in [3.05, 3.63) is 65.2 Å². The SMILES string of the molecule is CC(CO)(CCc1ccccc1)Nc1ccc(Cl)cc1. The van der Waals surface area contributed by atoms with Crippen LogP contribution in [0, 0.1) is 0 Å². The monoisotopic (exact) mass is 289 g/mol. The maximum atomic E-state index is 9.69. The highest BCUT2D eigenvalue weighted by Gasteiger charge is 2.22. The minimum Gasteiger partial charge on any atom is -0.394 e. The summed E-state index contributed by atoms with van der Waals surface area (Å²) in [6.07, 6.45) is 1.79. The van der Waals surface area contributed by atoms with Crippen molar-refractivity contribution in [3.8, 4) is 0 Å². The summed E-state index contributed by atoms with van der Waals surface area (Å²) >= 11 is 5.88. The Morgan fingerprint density at radius 1 is 1.05 bits per heavy atom. The largest absolute Gasteiger partial charge is 0.394 e. The molecule has 0 aliphatic carbocycles. The molecule has 0 bridgehead atoms. The molecular formula is C17H20ClNO. The van der Waals surface area contributed by atoms with Crippen molar-refractivity contribution >= 4 is 17.3 Å². The maximum Gasteiger partial charge on any atom is 0.0658 e. The summed E-state index contributed by atoms with van der Waals surface area (Å²) in [5.74, 6) is 0. The molecule has 0 heterocycles. The fourth-order valence-corrected chi connectivity index (χ4v) is 2.25. The highest BCUT2D eigenvalue weighted by molar-refractivity contribution is 6.30. The van der Waals surface area contributed by atoms with Crippen molar-refractivity contribution in [2.24, 2.45) is 0 Å². The Bertz CT molecular complexity index is 526. The molecule has 2 aromatic carbocycles. The van der Waals surface area contributed by atoms with Crippen molar-refractivity contribution in [1.82, 2.24) is 0 Å². The zero-order valence-corrected chi connectivity index (χ0v) is 12.4. The van der Waals surface area contributed by atoms with Crippen LogP contribution < -0.4 is 5.32 Å². The van der Waals surface area contributed by atoms with Gasteiger partial charge in [-0.2, -0.15) is 0 Å². The first-order chi connectivity index (χ1) is 9.61. The molecule has 3 heteroatoms. The van der Waals surface area contributed by atoms with Gasteiger partial charge < -0.3 is 10.4 Å². The van der Waals surface area contributed by atoms with Gasteiger partial charge in [-0.1, -0.05) is 41.9 Å². The second kappa shape index (κ2) is 6.78. The van der Waals surface area contributed by atoms with E-state index in [4.69, 9.17) is 11.6 Å². The lowest BCUT2D eigenvalue weighted by Gasteiger charge is -2.30. The molecule has 1 atom stereocenters. The number of hydrogen-bond acceptors (Lipinski definition) is 2. The third-order valence-corrected chi connectivity index (χ3v) is 3.70. The molecule has 2 rings (SSSR count). The van der Waals surface area contributed by atoms with Crippen LogP contribution in [0.2, 0.25) is 5.02 Å². The minimum atomic E-state index is -0.344. The Kier molecular flexibility index (Phi) is 5.05. The lowest BCUT2D eigenvalue weighted by molar-refractivity contribution is 0.215. The predicted molar refractivity (Wildman–Crippen MR) is 85.3 cm³/mol. The number of aryl methyl sites for hydroxylation is 1. The van der Waals surface area contributed by atoms with Gasteiger partial charge in [-0.3, -0.25) is 0 Å². The maximum absolute atomic E-state index is 9.69. The third kappa shape index (κ3) is 4.26. The topological polar surface area (TPSA) is 32.3 Å². The molecule has 106 valence electrons. The van der Waals surface area contributed by atoms with Gasteiger partial charge in [-0.15, -0.1) is 0 Å². The number of nitrogens with one attached hydrogen (secondary N) is 1. The number of hydrogen-bond donors (Lipinski definition) is 2. The molecule has 2 aromatic rings. The summed E-state index contributed by atoms with van der Waals surface area (Å²) in [5.41, 5.74) is 1.91. The Balaban J connectivity index is 1.99. The second-order valence-electron chi connectivity index (χ2n) is 5.34. The van der Waals surface area contributed by atoms with Crippen molar-refractivity contribution < 1.29 is 5.11 Å². The van der Waals surface area contributed by atoms with Crippen LogP contribution in [0.3, 0.4) is 0 Å². The molecule has 2 nitrogen and oxygen atoms in total. The smallest absolute Gasteiger partial charge is 0.0658 e. The van der Waals surface area contributed by atoms with Gasteiger partial charge in [0, 0.05) is 10.7 Å². The number of halogens is 1. The van der Waals surface area contributed by atoms with Crippen LogP contribution in [-0.4, -0.2) is 17.3 Å². The van der Waals surface area contributed by atoms with E-state index in [9.17, 15) is 5.11 Å². The van der Waals surface area contributed by atoms with Crippen LogP contribution in [0.1, 0.15) is 18.9 Å². The van der Waals surface area contributed by atoms with Gasteiger partial charge in [0.05, 0.1) is 12.1 Å². The summed E-state index contributed by atoms with van der Waals surface area (Å²) in [7, 11) is 0. The van der Waals surface area contributed by atoms with E-state index in [1.165, 1.54) is 5.56 Å². The van der Waals surface area contributed by atoms with E-state index in [1.807, 2.05) is 49.4 Å². The summed E-state index contributed by atoms with van der Waals surface area (Å²) in [5, 5.41) is 13.8. The average molecular weight is 290 g/mol. The first kappa shape index (κ1) is 14.9. The molecule has 0 radical (unpaired) electrons. The summed E-state index contributed by atoms with van der Waals surface area (Å²) in [4.78, 5) is 0. The minimum absolute atomic E-state index is 0.0858. The first-order valence-electron chi connectivity index (χ1n) is 6.80. The van der Waals surface area contributed by atoms with E-state index in [2.05, 4.69) is 17.4 Å². The van der Waals surface area contributed by atoms with E-state index < -0.39 is 0 Å². The van der Waals surface area contributed by atoms with Gasteiger partial charge in [0.15, 0.2) is 0 Å². The molecule has 1 unspecified atom stereocenters. The number of benzene rings is 2. The molecule has 0 aliphatic heterocycles. The molecule has 0 aliphatic rings. The molecule has 0 amide bonds. The van der Waals surface area contributed by atoms with Crippen molar-refractivity contribution in [3.63, 3.8) is 0 Å². The zero-order valence-electron chi connectivity index (χ0n) is 11.6. The van der Waals surface area contributed by atoms with Crippen LogP contribution in [0.5, 0.6) is 0 Å². The number of aliphatic hydroxyl groups is 1. The van der Waals surface area contributed by atoms with E-state index in [-0.39, 0.29) is 12.1 Å². The lowest BCUT2D eigenvalue weighted by Crippen LogP contribution is -2.39. The highest BCUT2D eigenvalue weighted by atomic mass is 35.5. The highest BCUT2D eigenvalue weighted by Crippen LogP contribution is 2.22. The standard InChI is InChI=1S/C17H20ClNO/c1-17(13-20,12-11-14-5-3-2-4-6-14)19-16-9-7-15(18)8-10-16/h2-10,19-20H,11-13H2,1H3. The van der Waals surface area contributed by atoms with Gasteiger partial charge in [0.2, 0.25) is 0 Å². The summed E-state index contributed by atoms with van der Waals surface area (Å²) in [6, 6.07) is 17.9. The zero-order chi connectivity index (χ0) is 14.4. The van der Waals surface area contributed by atoms with E-state index in [1.54, 1.807) is 0 Å². The van der Waals surface area contributed by atoms with E-state index in [0.717, 1.165) is 18.5 Å². The molecule has 0 fully saturated rings. The van der Waals surface area contributed by atoms with Gasteiger partial charge in [0.25, 0.3) is 0 Å². The third-order valence-electron chi connectivity index (χ3n) is 3.45. The fourth-order valence-electron chi connectivity index (χ4n) is 2.13. The lowest BCUT2D eigenvalue weighted by atomic mass is 9.93. The first-order valence-corrected chi connectivity index (χ1v) is 7.18. The molecular weight excluding hydrogens is 270 g/mol. The van der Waals surface area contributed by atoms with Crippen molar-refractivity contribution in [2.75, 3.05) is 11.9 Å². The van der Waals surface area contributed by atoms with Gasteiger partial charge >= 0.3 is 0 Å². The molecule has 0 saturated heterocycles. The number of aliphatic hydroxyl groups excluding tert-OH is 1. The van der Waals surface area contributed by atoms with E-state index >= 15 is 0 Å². The van der Waals surface area contributed by atoms with Crippen LogP contribution in [0.4, 0.5) is 5.69 Å². The second-order valence-corrected chi connectivity index (χ2v) is 5.77. The van der Waals surface area contributed by atoms with Crippen LogP contribution in [-0.2, 0) is 6.42 Å². The number of anilines is 1. The van der Waals surface area contributed by atoms with E-state index in [0.29, 0.717) is 5.02 Å². The molecule has 0 saturated carbocycles.